The summed E-state index contributed by atoms with van der Waals surface area (Å²) in [6.07, 6.45) is 7.40. The molecule has 1 amide bonds. The van der Waals surface area contributed by atoms with Crippen LogP contribution in [0, 0.1) is 0 Å². The number of carbonyl (C=O) groups is 2. The molecule has 2 rings (SSSR count). The number of likely N-dealkylation sites (tertiary alicyclic amines) is 1. The lowest BCUT2D eigenvalue weighted by atomic mass is 9.89. The molecule has 1 unspecified atom stereocenters. The second-order valence-electron chi connectivity index (χ2n) is 7.13. The van der Waals surface area contributed by atoms with E-state index in [1.807, 2.05) is 13.8 Å². The molecule has 1 heterocycles. The minimum Gasteiger partial charge on any atom is -0.480 e. The minimum absolute atomic E-state index is 0.0233. The summed E-state index contributed by atoms with van der Waals surface area (Å²) < 4.78 is 0. The number of hydrogen-bond acceptors (Lipinski definition) is 3. The number of amides is 1. The van der Waals surface area contributed by atoms with Gasteiger partial charge < -0.3 is 10.0 Å². The van der Waals surface area contributed by atoms with Crippen LogP contribution in [0.25, 0.3) is 0 Å². The predicted octanol–water partition coefficient (Wildman–Crippen LogP) is 2.50. The van der Waals surface area contributed by atoms with Gasteiger partial charge in [-0.05, 0) is 46.1 Å². The molecule has 5 heteroatoms. The van der Waals surface area contributed by atoms with Gasteiger partial charge in [-0.1, -0.05) is 26.2 Å². The van der Waals surface area contributed by atoms with Gasteiger partial charge in [-0.15, -0.1) is 0 Å². The maximum absolute atomic E-state index is 13.0. The molecule has 0 bridgehead atoms. The van der Waals surface area contributed by atoms with Crippen molar-refractivity contribution in [3.63, 3.8) is 0 Å². The third-order valence-corrected chi connectivity index (χ3v) is 5.40. The van der Waals surface area contributed by atoms with Crippen molar-refractivity contribution in [3.05, 3.63) is 0 Å². The molecule has 0 spiro atoms. The molecule has 22 heavy (non-hydrogen) atoms. The van der Waals surface area contributed by atoms with E-state index in [4.69, 9.17) is 0 Å². The van der Waals surface area contributed by atoms with Crippen molar-refractivity contribution in [2.45, 2.75) is 83.3 Å². The van der Waals surface area contributed by atoms with E-state index in [2.05, 4.69) is 11.8 Å². The van der Waals surface area contributed by atoms with E-state index < -0.39 is 17.6 Å². The molecule has 1 aliphatic carbocycles. The van der Waals surface area contributed by atoms with Crippen molar-refractivity contribution in [1.82, 2.24) is 9.80 Å². The molecule has 2 aliphatic rings. The number of likely N-dealkylation sites (N-methyl/N-ethyl adjacent to an activating group) is 1. The van der Waals surface area contributed by atoms with Crippen molar-refractivity contribution in [2.75, 3.05) is 13.1 Å². The van der Waals surface area contributed by atoms with Crippen LogP contribution in [0.5, 0.6) is 0 Å². The zero-order valence-electron chi connectivity index (χ0n) is 14.2. The average molecular weight is 310 g/mol. The maximum atomic E-state index is 13.0. The van der Waals surface area contributed by atoms with Crippen LogP contribution in [0.3, 0.4) is 0 Å². The van der Waals surface area contributed by atoms with Crippen LogP contribution >= 0.6 is 0 Å². The fraction of sp³-hybridized carbons (Fsp3) is 0.882. The summed E-state index contributed by atoms with van der Waals surface area (Å²) in [5, 5.41) is 9.34. The summed E-state index contributed by atoms with van der Waals surface area (Å²) >= 11 is 0. The Bertz CT molecular complexity index is 416. The van der Waals surface area contributed by atoms with E-state index in [0.29, 0.717) is 19.0 Å². The normalized spacial score (nSPS) is 24.0. The zero-order valence-corrected chi connectivity index (χ0v) is 14.2. The monoisotopic (exact) mass is 310 g/mol. The van der Waals surface area contributed by atoms with Gasteiger partial charge in [-0.3, -0.25) is 9.69 Å². The lowest BCUT2D eigenvalue weighted by molar-refractivity contribution is -0.154. The van der Waals surface area contributed by atoms with Crippen molar-refractivity contribution in [1.29, 1.82) is 0 Å². The Balaban J connectivity index is 2.15. The topological polar surface area (TPSA) is 60.9 Å². The quantitative estimate of drug-likeness (QED) is 0.847. The molecule has 1 saturated heterocycles. The standard InChI is InChI=1S/C17H30N2O3/c1-4-19(13-9-6-5-7-10-13)17(2,3)16(22)18-12-8-11-14(18)15(20)21/h13-14H,4-12H2,1-3H3,(H,20,21). The maximum Gasteiger partial charge on any atom is 0.326 e. The molecule has 1 saturated carbocycles. The van der Waals surface area contributed by atoms with Crippen LogP contribution in [0.2, 0.25) is 0 Å². The third-order valence-electron chi connectivity index (χ3n) is 5.40. The summed E-state index contributed by atoms with van der Waals surface area (Å²) in [7, 11) is 0. The predicted molar refractivity (Wildman–Crippen MR) is 85.7 cm³/mol. The first kappa shape index (κ1) is 17.3. The summed E-state index contributed by atoms with van der Waals surface area (Å²) in [5.74, 6) is -0.896. The SMILES string of the molecule is CCN(C1CCCCC1)C(C)(C)C(=O)N1CCCC1C(=O)O. The van der Waals surface area contributed by atoms with E-state index in [1.54, 1.807) is 4.90 Å². The average Bonchev–Trinajstić information content (AvgIpc) is 2.97. The first-order chi connectivity index (χ1) is 10.4. The van der Waals surface area contributed by atoms with Crippen LogP contribution in [-0.2, 0) is 9.59 Å². The van der Waals surface area contributed by atoms with Gasteiger partial charge in [0, 0.05) is 12.6 Å². The number of hydrogen-bond donors (Lipinski definition) is 1. The highest BCUT2D eigenvalue weighted by Crippen LogP contribution is 2.31. The van der Waals surface area contributed by atoms with Crippen LogP contribution < -0.4 is 0 Å². The summed E-state index contributed by atoms with van der Waals surface area (Å²) in [6, 6.07) is -0.194. The smallest absolute Gasteiger partial charge is 0.326 e. The van der Waals surface area contributed by atoms with Gasteiger partial charge in [0.25, 0.3) is 0 Å². The minimum atomic E-state index is -0.873. The number of nitrogens with zero attached hydrogens (tertiary/aromatic N) is 2. The number of carboxylic acids is 1. The summed E-state index contributed by atoms with van der Waals surface area (Å²) in [6.45, 7) is 7.42. The molecule has 2 fully saturated rings. The molecule has 1 aliphatic heterocycles. The largest absolute Gasteiger partial charge is 0.480 e. The molecular weight excluding hydrogens is 280 g/mol. The fourth-order valence-corrected chi connectivity index (χ4v) is 4.24. The molecule has 0 aromatic heterocycles. The van der Waals surface area contributed by atoms with Crippen molar-refractivity contribution >= 4 is 11.9 Å². The molecular formula is C17H30N2O3. The van der Waals surface area contributed by atoms with Gasteiger partial charge in [0.1, 0.15) is 6.04 Å². The lowest BCUT2D eigenvalue weighted by Crippen LogP contribution is -2.60. The van der Waals surface area contributed by atoms with Gasteiger partial charge in [0.2, 0.25) is 5.91 Å². The zero-order chi connectivity index (χ0) is 16.3. The van der Waals surface area contributed by atoms with Crippen LogP contribution in [0.15, 0.2) is 0 Å². The van der Waals surface area contributed by atoms with Crippen LogP contribution in [0.4, 0.5) is 0 Å². The molecule has 0 aromatic rings. The van der Waals surface area contributed by atoms with Crippen LogP contribution in [0.1, 0.15) is 65.7 Å². The number of rotatable bonds is 5. The molecule has 1 atom stereocenters. The second-order valence-corrected chi connectivity index (χ2v) is 7.13. The Morgan fingerprint density at radius 2 is 1.77 bits per heavy atom. The Hall–Kier alpha value is -1.10. The number of carbonyl (C=O) groups excluding carboxylic acids is 1. The van der Waals surface area contributed by atoms with E-state index >= 15 is 0 Å². The van der Waals surface area contributed by atoms with Gasteiger partial charge in [-0.2, -0.15) is 0 Å². The number of carboxylic acid groups (broad SMARTS) is 1. The highest BCUT2D eigenvalue weighted by Gasteiger charge is 2.45. The van der Waals surface area contributed by atoms with Gasteiger partial charge in [0.05, 0.1) is 5.54 Å². The van der Waals surface area contributed by atoms with Crippen molar-refractivity contribution in [2.24, 2.45) is 0 Å². The third kappa shape index (κ3) is 3.29. The van der Waals surface area contributed by atoms with E-state index in [1.165, 1.54) is 19.3 Å². The summed E-state index contributed by atoms with van der Waals surface area (Å²) in [4.78, 5) is 28.3. The summed E-state index contributed by atoms with van der Waals surface area (Å²) in [5.41, 5.74) is -0.630. The van der Waals surface area contributed by atoms with Gasteiger partial charge in [-0.25, -0.2) is 4.79 Å². The van der Waals surface area contributed by atoms with E-state index in [0.717, 1.165) is 25.8 Å². The Labute approximate surface area is 133 Å². The fourth-order valence-electron chi connectivity index (χ4n) is 4.24. The Kier molecular flexibility index (Phi) is 5.48. The van der Waals surface area contributed by atoms with Crippen LogP contribution in [-0.4, -0.2) is 57.5 Å². The van der Waals surface area contributed by atoms with Gasteiger partial charge in [0.15, 0.2) is 0 Å². The van der Waals surface area contributed by atoms with E-state index in [-0.39, 0.29) is 5.91 Å². The molecule has 0 radical (unpaired) electrons. The number of aliphatic carboxylic acids is 1. The first-order valence-electron chi connectivity index (χ1n) is 8.70. The highest BCUT2D eigenvalue weighted by atomic mass is 16.4. The van der Waals surface area contributed by atoms with E-state index in [9.17, 15) is 14.7 Å². The van der Waals surface area contributed by atoms with Gasteiger partial charge >= 0.3 is 5.97 Å². The molecule has 126 valence electrons. The lowest BCUT2D eigenvalue weighted by Gasteiger charge is -2.45. The Morgan fingerprint density at radius 3 is 2.32 bits per heavy atom. The highest BCUT2D eigenvalue weighted by molar-refractivity contribution is 5.90. The first-order valence-corrected chi connectivity index (χ1v) is 8.70. The molecule has 0 aromatic carbocycles. The second kappa shape index (κ2) is 6.99. The molecule has 5 nitrogen and oxygen atoms in total. The van der Waals surface area contributed by atoms with Crippen molar-refractivity contribution < 1.29 is 14.7 Å². The van der Waals surface area contributed by atoms with Crippen molar-refractivity contribution in [3.8, 4) is 0 Å². The Morgan fingerprint density at radius 1 is 1.14 bits per heavy atom. The molecule has 1 N–H and O–H groups in total.